The predicted molar refractivity (Wildman–Crippen MR) is 58.3 cm³/mol. The molecule has 0 saturated carbocycles. The first-order valence-electron chi connectivity index (χ1n) is 3.67. The lowest BCUT2D eigenvalue weighted by molar-refractivity contribution is 0.443. The second-order valence-corrected chi connectivity index (χ2v) is 4.48. The third-order valence-corrected chi connectivity index (χ3v) is 2.51. The van der Waals surface area contributed by atoms with Crippen LogP contribution in [0.3, 0.4) is 0 Å². The van der Waals surface area contributed by atoms with Crippen LogP contribution < -0.4 is 11.1 Å². The lowest BCUT2D eigenvalue weighted by Crippen LogP contribution is -2.18. The molecule has 0 heterocycles. The number of nitrogens with two attached hydrogens (primary N) is 1. The normalized spacial score (nSPS) is 11.0. The van der Waals surface area contributed by atoms with E-state index in [0.29, 0.717) is 5.69 Å². The number of anilines is 1. The fraction of sp³-hybridized carbons (Fsp3) is 0. The van der Waals surface area contributed by atoms with Crippen molar-refractivity contribution in [3.05, 3.63) is 18.2 Å². The molecule has 5 N–H and O–H groups in total. The van der Waals surface area contributed by atoms with Gasteiger partial charge in [-0.05, 0) is 24.4 Å². The Balaban J connectivity index is 3.15. The molecule has 0 aliphatic heterocycles. The minimum atomic E-state index is -4.42. The summed E-state index contributed by atoms with van der Waals surface area (Å²) >= 11 is 4.54. The maximum atomic E-state index is 10.7. The number of nitrogens with one attached hydrogen (secondary N) is 1. The van der Waals surface area contributed by atoms with Crippen LogP contribution in [0, 0.1) is 0 Å². The third-order valence-electron chi connectivity index (χ3n) is 1.50. The van der Waals surface area contributed by atoms with Crippen LogP contribution in [0.5, 0.6) is 5.75 Å². The zero-order valence-electron chi connectivity index (χ0n) is 7.34. The quantitative estimate of drug-likeness (QED) is 0.439. The maximum Gasteiger partial charge on any atom is 0.298 e. The van der Waals surface area contributed by atoms with Gasteiger partial charge in [-0.3, -0.25) is 4.55 Å². The summed E-state index contributed by atoms with van der Waals surface area (Å²) in [5, 5.41) is 11.8. The van der Waals surface area contributed by atoms with E-state index < -0.39 is 20.8 Å². The molecule has 0 bridgehead atoms. The van der Waals surface area contributed by atoms with Crippen molar-refractivity contribution in [1.82, 2.24) is 0 Å². The van der Waals surface area contributed by atoms with Gasteiger partial charge in [-0.1, -0.05) is 0 Å². The average molecular weight is 248 g/mol. The van der Waals surface area contributed by atoms with E-state index in [4.69, 9.17) is 10.3 Å². The molecule has 82 valence electrons. The number of phenols is 1. The Morgan fingerprint density at radius 3 is 2.47 bits per heavy atom. The van der Waals surface area contributed by atoms with Crippen molar-refractivity contribution in [2.45, 2.75) is 4.90 Å². The minimum Gasteiger partial charge on any atom is -0.506 e. The summed E-state index contributed by atoms with van der Waals surface area (Å²) in [5.41, 5.74) is 5.50. The van der Waals surface area contributed by atoms with Crippen LogP contribution in [-0.4, -0.2) is 23.2 Å². The summed E-state index contributed by atoms with van der Waals surface area (Å²) in [5.74, 6) is -0.584. The number of benzene rings is 1. The van der Waals surface area contributed by atoms with Gasteiger partial charge in [0.25, 0.3) is 10.1 Å². The van der Waals surface area contributed by atoms with Crippen LogP contribution in [0.4, 0.5) is 5.69 Å². The number of hydrogen-bond donors (Lipinski definition) is 4. The van der Waals surface area contributed by atoms with Crippen LogP contribution in [0.25, 0.3) is 0 Å². The van der Waals surface area contributed by atoms with Gasteiger partial charge in [-0.15, -0.1) is 0 Å². The highest BCUT2D eigenvalue weighted by atomic mass is 32.2. The van der Waals surface area contributed by atoms with Crippen LogP contribution in [0.1, 0.15) is 0 Å². The number of aromatic hydroxyl groups is 1. The van der Waals surface area contributed by atoms with Crippen molar-refractivity contribution in [3.8, 4) is 5.75 Å². The molecule has 0 aliphatic rings. The van der Waals surface area contributed by atoms with E-state index in [9.17, 15) is 13.5 Å². The van der Waals surface area contributed by atoms with Gasteiger partial charge in [0.2, 0.25) is 0 Å². The van der Waals surface area contributed by atoms with Gasteiger partial charge in [0.15, 0.2) is 5.11 Å². The lowest BCUT2D eigenvalue weighted by Gasteiger charge is -2.06. The Bertz CT molecular complexity index is 498. The molecular formula is C7H8N2O4S2. The van der Waals surface area contributed by atoms with Crippen LogP contribution in [-0.2, 0) is 10.1 Å². The van der Waals surface area contributed by atoms with E-state index >= 15 is 0 Å². The summed E-state index contributed by atoms with van der Waals surface area (Å²) in [6.45, 7) is 0. The summed E-state index contributed by atoms with van der Waals surface area (Å²) in [6.07, 6.45) is 0. The van der Waals surface area contributed by atoms with Crippen molar-refractivity contribution in [2.24, 2.45) is 5.73 Å². The molecule has 15 heavy (non-hydrogen) atoms. The number of hydrogen-bond acceptors (Lipinski definition) is 4. The number of phenolic OH excluding ortho intramolecular Hbond substituents is 1. The predicted octanol–water partition coefficient (Wildman–Crippen LogP) is 0.294. The Morgan fingerprint density at radius 2 is 2.07 bits per heavy atom. The molecule has 0 radical (unpaired) electrons. The summed E-state index contributed by atoms with van der Waals surface area (Å²) < 4.78 is 30.1. The first-order valence-corrected chi connectivity index (χ1v) is 5.52. The van der Waals surface area contributed by atoms with Gasteiger partial charge in [0, 0.05) is 11.8 Å². The minimum absolute atomic E-state index is 0.0194. The largest absolute Gasteiger partial charge is 0.506 e. The molecule has 1 aromatic rings. The van der Waals surface area contributed by atoms with E-state index in [-0.39, 0.29) is 5.11 Å². The van der Waals surface area contributed by atoms with Crippen molar-refractivity contribution in [2.75, 3.05) is 5.32 Å². The fourth-order valence-electron chi connectivity index (χ4n) is 0.956. The molecule has 0 atom stereocenters. The Hall–Kier alpha value is -1.38. The van der Waals surface area contributed by atoms with Crippen molar-refractivity contribution >= 4 is 33.1 Å². The molecule has 6 nitrogen and oxygen atoms in total. The third kappa shape index (κ3) is 3.05. The fourth-order valence-corrected chi connectivity index (χ4v) is 1.64. The zero-order chi connectivity index (χ0) is 11.6. The Morgan fingerprint density at radius 1 is 1.47 bits per heavy atom. The summed E-state index contributed by atoms with van der Waals surface area (Å²) in [6, 6.07) is 3.43. The van der Waals surface area contributed by atoms with Crippen LogP contribution >= 0.6 is 12.2 Å². The maximum absolute atomic E-state index is 10.7. The van der Waals surface area contributed by atoms with E-state index in [1.54, 1.807) is 0 Å². The molecule has 0 spiro atoms. The molecular weight excluding hydrogens is 240 g/mol. The van der Waals surface area contributed by atoms with Gasteiger partial charge >= 0.3 is 0 Å². The molecule has 0 saturated heterocycles. The molecule has 0 aromatic heterocycles. The molecule has 0 amide bonds. The zero-order valence-corrected chi connectivity index (χ0v) is 8.97. The standard InChI is InChI=1S/C7H8N2O4S2/c8-7(14)9-4-1-2-6(5(10)3-4)15(11,12)13/h1-3,10H,(H3,8,9,14)(H,11,12,13). The highest BCUT2D eigenvalue weighted by molar-refractivity contribution is 7.86. The van der Waals surface area contributed by atoms with Crippen molar-refractivity contribution < 1.29 is 18.1 Å². The summed E-state index contributed by atoms with van der Waals surface area (Å²) in [7, 11) is -4.42. The Kier molecular flexibility index (Phi) is 3.12. The lowest BCUT2D eigenvalue weighted by atomic mass is 10.3. The van der Waals surface area contributed by atoms with Crippen molar-refractivity contribution in [3.63, 3.8) is 0 Å². The SMILES string of the molecule is NC(=S)Nc1ccc(S(=O)(=O)O)c(O)c1. The van der Waals surface area contributed by atoms with Crippen LogP contribution in [0.2, 0.25) is 0 Å². The van der Waals surface area contributed by atoms with Crippen LogP contribution in [0.15, 0.2) is 23.1 Å². The molecule has 1 rings (SSSR count). The van der Waals surface area contributed by atoms with E-state index in [1.165, 1.54) is 6.07 Å². The number of thiocarbonyl (C=S) groups is 1. The molecule has 0 aliphatic carbocycles. The second kappa shape index (κ2) is 4.01. The smallest absolute Gasteiger partial charge is 0.298 e. The van der Waals surface area contributed by atoms with Gasteiger partial charge in [-0.25, -0.2) is 0 Å². The van der Waals surface area contributed by atoms with Gasteiger partial charge in [0.05, 0.1) is 0 Å². The average Bonchev–Trinajstić information content (AvgIpc) is 1.99. The molecule has 0 unspecified atom stereocenters. The Labute approximate surface area is 91.5 Å². The highest BCUT2D eigenvalue weighted by Crippen LogP contribution is 2.25. The van der Waals surface area contributed by atoms with Gasteiger partial charge < -0.3 is 16.2 Å². The van der Waals surface area contributed by atoms with E-state index in [2.05, 4.69) is 17.5 Å². The second-order valence-electron chi connectivity index (χ2n) is 2.65. The number of rotatable bonds is 2. The van der Waals surface area contributed by atoms with E-state index in [1.807, 2.05) is 0 Å². The molecule has 0 fully saturated rings. The monoisotopic (exact) mass is 248 g/mol. The van der Waals surface area contributed by atoms with E-state index in [0.717, 1.165) is 12.1 Å². The van der Waals surface area contributed by atoms with Gasteiger partial charge in [0.1, 0.15) is 10.6 Å². The first-order chi connectivity index (χ1) is 6.80. The van der Waals surface area contributed by atoms with Crippen molar-refractivity contribution in [1.29, 1.82) is 0 Å². The first kappa shape index (κ1) is 11.7. The van der Waals surface area contributed by atoms with Gasteiger partial charge in [-0.2, -0.15) is 8.42 Å². The highest BCUT2D eigenvalue weighted by Gasteiger charge is 2.15. The molecule has 1 aromatic carbocycles. The summed E-state index contributed by atoms with van der Waals surface area (Å²) in [4.78, 5) is -0.573. The topological polar surface area (TPSA) is 113 Å². The molecule has 8 heteroatoms.